The minimum Gasteiger partial charge on any atom is -0.316 e. The Balaban J connectivity index is 1.83. The molecule has 0 spiro atoms. The Hall–Kier alpha value is -1.43. The minimum absolute atomic E-state index is 1.23. The molecule has 4 heterocycles. The zero-order valence-electron chi connectivity index (χ0n) is 9.87. The summed E-state index contributed by atoms with van der Waals surface area (Å²) in [5.74, 6) is 0. The molecule has 0 atom stereocenters. The molecule has 0 unspecified atom stereocenters. The number of hydrogen-bond donors (Lipinski definition) is 1. The van der Waals surface area contributed by atoms with Crippen LogP contribution in [0.25, 0.3) is 11.3 Å². The Bertz CT molecular complexity index is 678. The van der Waals surface area contributed by atoms with E-state index < -0.39 is 0 Å². The van der Waals surface area contributed by atoms with Crippen LogP contribution >= 0.6 is 34.8 Å². The topological polar surface area (TPSA) is 15.3 Å². The second-order valence-corrected chi connectivity index (χ2v) is 6.80. The maximum atomic E-state index is 3.26. The highest BCUT2D eigenvalue weighted by atomic mass is 32.2. The molecule has 94 valence electrons. The first-order valence-electron chi connectivity index (χ1n) is 5.86. The molecule has 19 heavy (non-hydrogen) atoms. The van der Waals surface area contributed by atoms with Crippen molar-refractivity contribution in [3.8, 4) is 0 Å². The highest BCUT2D eigenvalue weighted by Gasteiger charge is 2.28. The van der Waals surface area contributed by atoms with Crippen molar-refractivity contribution in [2.45, 2.75) is 0 Å². The van der Waals surface area contributed by atoms with Gasteiger partial charge in [-0.25, -0.2) is 0 Å². The molecular formula is C14H10N2S3. The third kappa shape index (κ3) is 1.85. The predicted octanol–water partition coefficient (Wildman–Crippen LogP) is 4.56. The van der Waals surface area contributed by atoms with E-state index in [1.165, 1.54) is 26.7 Å². The number of fused-ring (bicyclic) bond motifs is 1. The highest BCUT2D eigenvalue weighted by Crippen LogP contribution is 2.44. The number of allylic oxidation sites excluding steroid dienone is 3. The molecule has 5 heteroatoms. The fourth-order valence-electron chi connectivity index (χ4n) is 2.17. The van der Waals surface area contributed by atoms with Crippen molar-refractivity contribution < 1.29 is 0 Å². The lowest BCUT2D eigenvalue weighted by Crippen LogP contribution is -2.14. The van der Waals surface area contributed by atoms with E-state index >= 15 is 0 Å². The first-order valence-corrected chi connectivity index (χ1v) is 8.39. The highest BCUT2D eigenvalue weighted by molar-refractivity contribution is 7.95. The van der Waals surface area contributed by atoms with Crippen LogP contribution in [-0.2, 0) is 0 Å². The molecule has 2 nitrogen and oxygen atoms in total. The standard InChI is InChI=1S/C14H10N2S3/c1-3-13(17-7-1)10-5-6-11(14-4-2-8-18-14)16-12(10)9-15-19-16/h1-9,15H. The van der Waals surface area contributed by atoms with Gasteiger partial charge in [0.15, 0.2) is 0 Å². The van der Waals surface area contributed by atoms with Crippen molar-refractivity contribution in [3.05, 3.63) is 68.8 Å². The third-order valence-electron chi connectivity index (χ3n) is 3.02. The van der Waals surface area contributed by atoms with E-state index in [1.807, 2.05) is 0 Å². The average molecular weight is 302 g/mol. The van der Waals surface area contributed by atoms with Gasteiger partial charge < -0.3 is 4.72 Å². The Morgan fingerprint density at radius 3 is 2.42 bits per heavy atom. The van der Waals surface area contributed by atoms with Crippen LogP contribution in [0.4, 0.5) is 0 Å². The van der Waals surface area contributed by atoms with Gasteiger partial charge in [-0.1, -0.05) is 12.1 Å². The van der Waals surface area contributed by atoms with Gasteiger partial charge in [0, 0.05) is 16.7 Å². The van der Waals surface area contributed by atoms with E-state index in [9.17, 15) is 0 Å². The van der Waals surface area contributed by atoms with Gasteiger partial charge in [0.05, 0.1) is 28.4 Å². The lowest BCUT2D eigenvalue weighted by molar-refractivity contribution is 0.850. The van der Waals surface area contributed by atoms with Crippen LogP contribution < -0.4 is 4.72 Å². The first kappa shape index (κ1) is 11.4. The molecule has 0 aliphatic carbocycles. The monoisotopic (exact) mass is 302 g/mol. The van der Waals surface area contributed by atoms with Gasteiger partial charge in [-0.05, 0) is 35.0 Å². The molecule has 0 bridgehead atoms. The normalized spacial score (nSPS) is 17.5. The van der Waals surface area contributed by atoms with Gasteiger partial charge in [-0.15, -0.1) is 22.7 Å². The number of nitrogens with zero attached hydrogens (tertiary/aromatic N) is 1. The summed E-state index contributed by atoms with van der Waals surface area (Å²) < 4.78 is 5.52. The van der Waals surface area contributed by atoms with Gasteiger partial charge in [0.2, 0.25) is 0 Å². The van der Waals surface area contributed by atoms with Crippen molar-refractivity contribution in [1.82, 2.24) is 9.03 Å². The molecule has 0 radical (unpaired) electrons. The fraction of sp³-hybridized carbons (Fsp3) is 0. The zero-order valence-corrected chi connectivity index (χ0v) is 12.3. The minimum atomic E-state index is 1.23. The van der Waals surface area contributed by atoms with Gasteiger partial charge in [0.1, 0.15) is 0 Å². The molecular weight excluding hydrogens is 292 g/mol. The SMILES string of the molecule is C1=C(c2cccs2)C2=CNSN2C(c2cccs2)=C1. The van der Waals surface area contributed by atoms with Crippen LogP contribution in [0.2, 0.25) is 0 Å². The molecule has 0 aromatic carbocycles. The summed E-state index contributed by atoms with van der Waals surface area (Å²) in [5, 5.41) is 4.24. The van der Waals surface area contributed by atoms with E-state index in [0.29, 0.717) is 0 Å². The molecule has 4 rings (SSSR count). The van der Waals surface area contributed by atoms with Crippen LogP contribution in [0.15, 0.2) is 59.1 Å². The summed E-state index contributed by atoms with van der Waals surface area (Å²) in [4.78, 5) is 2.60. The molecule has 0 saturated heterocycles. The number of rotatable bonds is 2. The van der Waals surface area contributed by atoms with E-state index in [4.69, 9.17) is 0 Å². The lowest BCUT2D eigenvalue weighted by atomic mass is 10.1. The summed E-state index contributed by atoms with van der Waals surface area (Å²) in [6.07, 6.45) is 6.51. The molecule has 0 amide bonds. The van der Waals surface area contributed by atoms with E-state index in [1.54, 1.807) is 34.8 Å². The Labute approximate surface area is 124 Å². The molecule has 2 aliphatic heterocycles. The maximum absolute atomic E-state index is 3.26. The molecule has 1 N–H and O–H groups in total. The first-order chi connectivity index (χ1) is 9.43. The molecule has 0 saturated carbocycles. The summed E-state index contributed by atoms with van der Waals surface area (Å²) in [6, 6.07) is 8.52. The largest absolute Gasteiger partial charge is 0.316 e. The van der Waals surface area contributed by atoms with Crippen LogP contribution in [0.1, 0.15) is 9.75 Å². The molecule has 2 aromatic heterocycles. The smallest absolute Gasteiger partial charge is 0.0794 e. The molecule has 2 aromatic rings. The fourth-order valence-corrected chi connectivity index (χ4v) is 4.51. The Kier molecular flexibility index (Phi) is 2.76. The second kappa shape index (κ2) is 4.59. The van der Waals surface area contributed by atoms with Crippen LogP contribution in [0, 0.1) is 0 Å². The van der Waals surface area contributed by atoms with E-state index in [-0.39, 0.29) is 0 Å². The zero-order chi connectivity index (χ0) is 12.7. The number of thiophene rings is 2. The Morgan fingerprint density at radius 1 is 0.895 bits per heavy atom. The summed E-state index contributed by atoms with van der Waals surface area (Å²) in [7, 11) is 0. The number of hydrogen-bond acceptors (Lipinski definition) is 5. The maximum Gasteiger partial charge on any atom is 0.0794 e. The van der Waals surface area contributed by atoms with Crippen LogP contribution in [0.5, 0.6) is 0 Å². The van der Waals surface area contributed by atoms with Crippen molar-refractivity contribution in [3.63, 3.8) is 0 Å². The van der Waals surface area contributed by atoms with Gasteiger partial charge in [0.25, 0.3) is 0 Å². The van der Waals surface area contributed by atoms with Gasteiger partial charge in [-0.2, -0.15) is 0 Å². The second-order valence-electron chi connectivity index (χ2n) is 4.12. The average Bonchev–Trinajstić information content (AvgIpc) is 3.19. The Morgan fingerprint density at radius 2 is 1.68 bits per heavy atom. The summed E-state index contributed by atoms with van der Waals surface area (Å²) in [6.45, 7) is 0. The van der Waals surface area contributed by atoms with Crippen molar-refractivity contribution in [2.24, 2.45) is 0 Å². The van der Waals surface area contributed by atoms with Crippen LogP contribution in [0.3, 0.4) is 0 Å². The van der Waals surface area contributed by atoms with Crippen molar-refractivity contribution in [2.75, 3.05) is 0 Å². The summed E-state index contributed by atoms with van der Waals surface area (Å²) in [5.41, 5.74) is 3.77. The van der Waals surface area contributed by atoms with E-state index in [0.717, 1.165) is 0 Å². The summed E-state index contributed by atoms with van der Waals surface area (Å²) >= 11 is 5.18. The molecule has 0 fully saturated rings. The van der Waals surface area contributed by atoms with Crippen molar-refractivity contribution in [1.29, 1.82) is 0 Å². The van der Waals surface area contributed by atoms with Gasteiger partial charge >= 0.3 is 0 Å². The lowest BCUT2D eigenvalue weighted by Gasteiger charge is -2.26. The quantitative estimate of drug-likeness (QED) is 0.819. The van der Waals surface area contributed by atoms with Crippen LogP contribution in [-0.4, -0.2) is 4.31 Å². The van der Waals surface area contributed by atoms with Crippen molar-refractivity contribution >= 4 is 46.1 Å². The van der Waals surface area contributed by atoms with Gasteiger partial charge in [-0.3, -0.25) is 4.31 Å². The third-order valence-corrected chi connectivity index (χ3v) is 5.62. The predicted molar refractivity (Wildman–Crippen MR) is 85.2 cm³/mol. The van der Waals surface area contributed by atoms with E-state index in [2.05, 4.69) is 62.4 Å². The number of nitrogens with one attached hydrogen (secondary N) is 1. The molecule has 2 aliphatic rings.